The summed E-state index contributed by atoms with van der Waals surface area (Å²) in [6, 6.07) is 4.09. The van der Waals surface area contributed by atoms with Crippen molar-refractivity contribution in [3.63, 3.8) is 0 Å². The van der Waals surface area contributed by atoms with Crippen molar-refractivity contribution < 1.29 is 15.0 Å². The summed E-state index contributed by atoms with van der Waals surface area (Å²) in [7, 11) is 0. The number of carbonyl (C=O) groups excluding carboxylic acids is 1. The van der Waals surface area contributed by atoms with Crippen molar-refractivity contribution in [1.82, 2.24) is 14.5 Å². The van der Waals surface area contributed by atoms with Crippen LogP contribution in [0, 0.1) is 6.92 Å². The van der Waals surface area contributed by atoms with Gasteiger partial charge in [-0.15, -0.1) is 0 Å². The quantitative estimate of drug-likeness (QED) is 0.907. The van der Waals surface area contributed by atoms with Gasteiger partial charge in [-0.05, 0) is 31.9 Å². The first-order chi connectivity index (χ1) is 10.5. The van der Waals surface area contributed by atoms with Crippen LogP contribution >= 0.6 is 0 Å². The molecule has 0 radical (unpaired) electrons. The number of aromatic nitrogens is 2. The zero-order chi connectivity index (χ0) is 15.7. The van der Waals surface area contributed by atoms with E-state index < -0.39 is 0 Å². The van der Waals surface area contributed by atoms with Crippen molar-refractivity contribution in [2.45, 2.75) is 32.4 Å². The van der Waals surface area contributed by atoms with E-state index in [1.807, 2.05) is 22.6 Å². The Kier molecular flexibility index (Phi) is 3.75. The molecule has 1 aliphatic rings. The first kappa shape index (κ1) is 14.4. The summed E-state index contributed by atoms with van der Waals surface area (Å²) in [6.07, 6.45) is 5.56. The molecule has 6 heteroatoms. The number of rotatable bonds is 3. The highest BCUT2D eigenvalue weighted by molar-refractivity contribution is 5.95. The first-order valence-corrected chi connectivity index (χ1v) is 7.36. The standard InChI is InChI=1S/C16H19N3O3/c1-11-17-4-6-18(11)10-13-3-2-5-19(13)16(22)12-7-14(20)9-15(21)8-12/h4,6-9,13,20-21H,2-3,5,10H2,1H3/t13-/m1/s1. The second-order valence-corrected chi connectivity index (χ2v) is 5.66. The molecule has 0 unspecified atom stereocenters. The number of aryl methyl sites for hydroxylation is 1. The van der Waals surface area contributed by atoms with Gasteiger partial charge in [-0.3, -0.25) is 4.79 Å². The fourth-order valence-corrected chi connectivity index (χ4v) is 3.00. The molecular weight excluding hydrogens is 282 g/mol. The van der Waals surface area contributed by atoms with Crippen LogP contribution in [0.15, 0.2) is 30.6 Å². The molecule has 22 heavy (non-hydrogen) atoms. The molecule has 2 heterocycles. The predicted octanol–water partition coefficient (Wildman–Crippen LogP) is 1.91. The van der Waals surface area contributed by atoms with Gasteiger partial charge >= 0.3 is 0 Å². The molecule has 3 rings (SSSR count). The number of phenolic OH excluding ortho intramolecular Hbond substituents is 2. The molecule has 0 spiro atoms. The van der Waals surface area contributed by atoms with Crippen molar-refractivity contribution in [2.75, 3.05) is 6.54 Å². The van der Waals surface area contributed by atoms with Crippen molar-refractivity contribution in [3.8, 4) is 11.5 Å². The smallest absolute Gasteiger partial charge is 0.254 e. The fourth-order valence-electron chi connectivity index (χ4n) is 3.00. The topological polar surface area (TPSA) is 78.6 Å². The highest BCUT2D eigenvalue weighted by atomic mass is 16.3. The Balaban J connectivity index is 1.80. The highest BCUT2D eigenvalue weighted by Crippen LogP contribution is 2.26. The van der Waals surface area contributed by atoms with E-state index in [1.54, 1.807) is 6.20 Å². The Hall–Kier alpha value is -2.50. The van der Waals surface area contributed by atoms with Crippen LogP contribution in [0.3, 0.4) is 0 Å². The summed E-state index contributed by atoms with van der Waals surface area (Å²) < 4.78 is 2.04. The van der Waals surface area contributed by atoms with E-state index >= 15 is 0 Å². The van der Waals surface area contributed by atoms with Gasteiger partial charge in [0.1, 0.15) is 17.3 Å². The van der Waals surface area contributed by atoms with Crippen LogP contribution in [0.25, 0.3) is 0 Å². The van der Waals surface area contributed by atoms with Gasteiger partial charge in [0.05, 0.1) is 6.04 Å². The Morgan fingerprint density at radius 2 is 2.05 bits per heavy atom. The molecule has 116 valence electrons. The number of phenols is 2. The van der Waals surface area contributed by atoms with Gasteiger partial charge in [0.25, 0.3) is 5.91 Å². The lowest BCUT2D eigenvalue weighted by molar-refractivity contribution is 0.0723. The van der Waals surface area contributed by atoms with Crippen LogP contribution in [0.5, 0.6) is 11.5 Å². The Morgan fingerprint density at radius 3 is 2.68 bits per heavy atom. The second kappa shape index (κ2) is 5.71. The lowest BCUT2D eigenvalue weighted by atomic mass is 10.1. The number of carbonyl (C=O) groups is 1. The minimum atomic E-state index is -0.161. The molecule has 6 nitrogen and oxygen atoms in total. The van der Waals surface area contributed by atoms with E-state index in [2.05, 4.69) is 4.98 Å². The molecule has 1 aromatic heterocycles. The summed E-state index contributed by atoms with van der Waals surface area (Å²) in [4.78, 5) is 18.7. The van der Waals surface area contributed by atoms with Gasteiger partial charge in [-0.25, -0.2) is 4.98 Å². The number of likely N-dealkylation sites (tertiary alicyclic amines) is 1. The van der Waals surface area contributed by atoms with Crippen molar-refractivity contribution in [1.29, 1.82) is 0 Å². The summed E-state index contributed by atoms with van der Waals surface area (Å²) in [5.74, 6) is 0.551. The lowest BCUT2D eigenvalue weighted by Gasteiger charge is -2.25. The molecule has 0 saturated carbocycles. The molecule has 1 amide bonds. The van der Waals surface area contributed by atoms with Gasteiger partial charge < -0.3 is 19.7 Å². The molecule has 2 aromatic rings. The third kappa shape index (κ3) is 2.77. The van der Waals surface area contributed by atoms with Gasteiger partial charge in [0.2, 0.25) is 0 Å². The number of imidazole rings is 1. The van der Waals surface area contributed by atoms with Crippen LogP contribution in [0.1, 0.15) is 29.0 Å². The maximum Gasteiger partial charge on any atom is 0.254 e. The first-order valence-electron chi connectivity index (χ1n) is 7.36. The van der Waals surface area contributed by atoms with E-state index in [-0.39, 0.29) is 23.4 Å². The van der Waals surface area contributed by atoms with Gasteiger partial charge in [0.15, 0.2) is 0 Å². The molecule has 1 fully saturated rings. The minimum absolute atomic E-state index is 0.102. The third-order valence-electron chi connectivity index (χ3n) is 4.12. The number of hydrogen-bond donors (Lipinski definition) is 2. The molecule has 1 aromatic carbocycles. The van der Waals surface area contributed by atoms with E-state index in [1.165, 1.54) is 18.2 Å². The number of hydrogen-bond acceptors (Lipinski definition) is 4. The normalized spacial score (nSPS) is 17.9. The maximum atomic E-state index is 12.7. The number of nitrogens with zero attached hydrogens (tertiary/aromatic N) is 3. The van der Waals surface area contributed by atoms with Crippen LogP contribution in [-0.2, 0) is 6.54 Å². The average Bonchev–Trinajstić information content (AvgIpc) is 3.07. The summed E-state index contributed by atoms with van der Waals surface area (Å²) in [5, 5.41) is 19.1. The molecule has 1 atom stereocenters. The summed E-state index contributed by atoms with van der Waals surface area (Å²) >= 11 is 0. The monoisotopic (exact) mass is 301 g/mol. The average molecular weight is 301 g/mol. The van der Waals surface area contributed by atoms with Crippen molar-refractivity contribution in [2.24, 2.45) is 0 Å². The molecular formula is C16H19N3O3. The predicted molar refractivity (Wildman–Crippen MR) is 80.8 cm³/mol. The highest BCUT2D eigenvalue weighted by Gasteiger charge is 2.30. The van der Waals surface area contributed by atoms with Crippen molar-refractivity contribution >= 4 is 5.91 Å². The lowest BCUT2D eigenvalue weighted by Crippen LogP contribution is -2.38. The van der Waals surface area contributed by atoms with E-state index in [0.29, 0.717) is 18.7 Å². The molecule has 2 N–H and O–H groups in total. The van der Waals surface area contributed by atoms with E-state index in [4.69, 9.17) is 0 Å². The van der Waals surface area contributed by atoms with E-state index in [9.17, 15) is 15.0 Å². The van der Waals surface area contributed by atoms with Gasteiger partial charge in [-0.1, -0.05) is 0 Å². The van der Waals surface area contributed by atoms with Crippen LogP contribution in [0.4, 0.5) is 0 Å². The Morgan fingerprint density at radius 1 is 1.32 bits per heavy atom. The van der Waals surface area contributed by atoms with Gasteiger partial charge in [0, 0.05) is 37.1 Å². The maximum absolute atomic E-state index is 12.7. The summed E-state index contributed by atoms with van der Waals surface area (Å²) in [5.41, 5.74) is 0.312. The van der Waals surface area contributed by atoms with Crippen molar-refractivity contribution in [3.05, 3.63) is 42.0 Å². The number of aromatic hydroxyl groups is 2. The second-order valence-electron chi connectivity index (χ2n) is 5.66. The van der Waals surface area contributed by atoms with Crippen LogP contribution < -0.4 is 0 Å². The Bertz CT molecular complexity index is 675. The molecule has 0 aliphatic carbocycles. The SMILES string of the molecule is Cc1nccn1C[C@H]1CCCN1C(=O)c1cc(O)cc(O)c1. The minimum Gasteiger partial charge on any atom is -0.508 e. The molecule has 1 saturated heterocycles. The molecule has 1 aliphatic heterocycles. The number of amides is 1. The fraction of sp³-hybridized carbons (Fsp3) is 0.375. The van der Waals surface area contributed by atoms with Crippen LogP contribution in [-0.4, -0.2) is 43.2 Å². The van der Waals surface area contributed by atoms with E-state index in [0.717, 1.165) is 18.7 Å². The zero-order valence-corrected chi connectivity index (χ0v) is 12.4. The zero-order valence-electron chi connectivity index (χ0n) is 12.4. The molecule has 0 bridgehead atoms. The number of benzene rings is 1. The third-order valence-corrected chi connectivity index (χ3v) is 4.12. The van der Waals surface area contributed by atoms with Gasteiger partial charge in [-0.2, -0.15) is 0 Å². The largest absolute Gasteiger partial charge is 0.508 e. The Labute approximate surface area is 128 Å². The van der Waals surface area contributed by atoms with Crippen LogP contribution in [0.2, 0.25) is 0 Å². The summed E-state index contributed by atoms with van der Waals surface area (Å²) in [6.45, 7) is 3.34.